The summed E-state index contributed by atoms with van der Waals surface area (Å²) in [5, 5.41) is 0.646. The molecule has 19 heavy (non-hydrogen) atoms. The van der Waals surface area contributed by atoms with Crippen LogP contribution >= 0.6 is 27.5 Å². The Morgan fingerprint density at radius 1 is 1.26 bits per heavy atom. The molecule has 0 aromatic heterocycles. The zero-order valence-corrected chi connectivity index (χ0v) is 12.8. The maximum Gasteiger partial charge on any atom is 0.123 e. The topological polar surface area (TPSA) is 26.0 Å². The Bertz CT molecular complexity index is 598. The monoisotopic (exact) mass is 341 g/mol. The average molecular weight is 343 g/mol. The maximum atomic E-state index is 13.3. The van der Waals surface area contributed by atoms with Gasteiger partial charge in [-0.25, -0.2) is 4.39 Å². The van der Waals surface area contributed by atoms with Crippen LogP contribution in [0.15, 0.2) is 46.9 Å². The second kappa shape index (κ2) is 5.61. The molecule has 4 heteroatoms. The van der Waals surface area contributed by atoms with E-state index in [1.807, 2.05) is 25.1 Å². The number of benzene rings is 2. The van der Waals surface area contributed by atoms with Crippen LogP contribution in [0.3, 0.4) is 0 Å². The lowest BCUT2D eigenvalue weighted by molar-refractivity contribution is 0.488. The molecule has 1 nitrogen and oxygen atoms in total. The van der Waals surface area contributed by atoms with Gasteiger partial charge in [-0.1, -0.05) is 39.7 Å². The first-order valence-electron chi connectivity index (χ1n) is 5.87. The molecule has 100 valence electrons. The van der Waals surface area contributed by atoms with E-state index in [4.69, 9.17) is 17.3 Å². The van der Waals surface area contributed by atoms with Gasteiger partial charge >= 0.3 is 0 Å². The van der Waals surface area contributed by atoms with Crippen molar-refractivity contribution in [3.63, 3.8) is 0 Å². The summed E-state index contributed by atoms with van der Waals surface area (Å²) in [6.07, 6.45) is 0.520. The zero-order chi connectivity index (χ0) is 14.0. The number of rotatable bonds is 3. The zero-order valence-electron chi connectivity index (χ0n) is 10.5. The van der Waals surface area contributed by atoms with Crippen molar-refractivity contribution in [1.82, 2.24) is 0 Å². The first-order valence-corrected chi connectivity index (χ1v) is 7.04. The molecule has 0 fully saturated rings. The Hall–Kier alpha value is -0.900. The first-order chi connectivity index (χ1) is 8.88. The Balaban J connectivity index is 2.33. The van der Waals surface area contributed by atoms with Gasteiger partial charge in [0.2, 0.25) is 0 Å². The van der Waals surface area contributed by atoms with E-state index in [1.165, 1.54) is 12.1 Å². The third-order valence-corrected chi connectivity index (χ3v) is 4.06. The molecule has 1 atom stereocenters. The number of halogens is 3. The number of hydrogen-bond donors (Lipinski definition) is 1. The minimum Gasteiger partial charge on any atom is -0.321 e. The van der Waals surface area contributed by atoms with Crippen molar-refractivity contribution in [1.29, 1.82) is 0 Å². The predicted molar refractivity (Wildman–Crippen MR) is 80.8 cm³/mol. The van der Waals surface area contributed by atoms with Crippen LogP contribution in [0, 0.1) is 5.82 Å². The molecule has 0 saturated carbocycles. The van der Waals surface area contributed by atoms with Gasteiger partial charge in [0.1, 0.15) is 5.82 Å². The third kappa shape index (κ3) is 3.56. The molecule has 0 amide bonds. The molecular weight excluding hydrogens is 329 g/mol. The van der Waals surface area contributed by atoms with Crippen molar-refractivity contribution in [3.8, 4) is 0 Å². The Morgan fingerprint density at radius 2 is 2.00 bits per heavy atom. The number of hydrogen-bond acceptors (Lipinski definition) is 1. The standard InChI is InChI=1S/C15H14BrClFN/c1-15(19,11-3-2-4-12(17)8-11)9-10-7-13(18)5-6-14(10)16/h2-8H,9,19H2,1H3. The molecule has 0 aliphatic heterocycles. The van der Waals surface area contributed by atoms with Crippen molar-refractivity contribution in [2.75, 3.05) is 0 Å². The summed E-state index contributed by atoms with van der Waals surface area (Å²) >= 11 is 9.41. The van der Waals surface area contributed by atoms with E-state index in [0.29, 0.717) is 11.4 Å². The summed E-state index contributed by atoms with van der Waals surface area (Å²) in [5.74, 6) is -0.264. The fourth-order valence-corrected chi connectivity index (χ4v) is 2.60. The van der Waals surface area contributed by atoms with E-state index in [-0.39, 0.29) is 5.82 Å². The van der Waals surface area contributed by atoms with Crippen LogP contribution in [-0.2, 0) is 12.0 Å². The van der Waals surface area contributed by atoms with Crippen LogP contribution in [0.25, 0.3) is 0 Å². The highest BCUT2D eigenvalue weighted by Crippen LogP contribution is 2.28. The van der Waals surface area contributed by atoms with Crippen LogP contribution in [-0.4, -0.2) is 0 Å². The van der Waals surface area contributed by atoms with Gasteiger partial charge in [0.25, 0.3) is 0 Å². The minimum atomic E-state index is -0.610. The molecular formula is C15H14BrClFN. The second-order valence-electron chi connectivity index (χ2n) is 4.84. The van der Waals surface area contributed by atoms with Crippen LogP contribution in [0.1, 0.15) is 18.1 Å². The quantitative estimate of drug-likeness (QED) is 0.862. The normalized spacial score (nSPS) is 14.2. The third-order valence-electron chi connectivity index (χ3n) is 3.05. The largest absolute Gasteiger partial charge is 0.321 e. The van der Waals surface area contributed by atoms with E-state index in [9.17, 15) is 4.39 Å². The van der Waals surface area contributed by atoms with Gasteiger partial charge in [-0.05, 0) is 54.8 Å². The lowest BCUT2D eigenvalue weighted by atomic mass is 9.86. The van der Waals surface area contributed by atoms with Crippen LogP contribution in [0.5, 0.6) is 0 Å². The van der Waals surface area contributed by atoms with E-state index >= 15 is 0 Å². The summed E-state index contributed by atoms with van der Waals surface area (Å²) in [7, 11) is 0. The summed E-state index contributed by atoms with van der Waals surface area (Å²) < 4.78 is 14.2. The SMILES string of the molecule is CC(N)(Cc1cc(F)ccc1Br)c1cccc(Cl)c1. The molecule has 1 unspecified atom stereocenters. The Labute approximate surface area is 125 Å². The van der Waals surface area contributed by atoms with E-state index in [0.717, 1.165) is 15.6 Å². The van der Waals surface area contributed by atoms with Gasteiger partial charge in [-0.3, -0.25) is 0 Å². The highest BCUT2D eigenvalue weighted by Gasteiger charge is 2.23. The summed E-state index contributed by atoms with van der Waals surface area (Å²) in [5.41, 5.74) is 7.51. The Morgan fingerprint density at radius 3 is 2.68 bits per heavy atom. The molecule has 0 saturated heterocycles. The lowest BCUT2D eigenvalue weighted by Crippen LogP contribution is -2.35. The van der Waals surface area contributed by atoms with Crippen molar-refractivity contribution in [3.05, 3.63) is 68.9 Å². The van der Waals surface area contributed by atoms with Gasteiger partial charge in [-0.15, -0.1) is 0 Å². The summed E-state index contributed by atoms with van der Waals surface area (Å²) in [6, 6.07) is 12.1. The Kier molecular flexibility index (Phi) is 4.29. The van der Waals surface area contributed by atoms with Crippen LogP contribution in [0.2, 0.25) is 5.02 Å². The summed E-state index contributed by atoms with van der Waals surface area (Å²) in [4.78, 5) is 0. The molecule has 0 spiro atoms. The molecule has 0 aliphatic rings. The first kappa shape index (κ1) is 14.5. The highest BCUT2D eigenvalue weighted by molar-refractivity contribution is 9.10. The lowest BCUT2D eigenvalue weighted by Gasteiger charge is -2.26. The predicted octanol–water partition coefficient (Wildman–Crippen LogP) is 4.66. The van der Waals surface area contributed by atoms with Crippen molar-refractivity contribution in [2.45, 2.75) is 18.9 Å². The highest BCUT2D eigenvalue weighted by atomic mass is 79.9. The fourth-order valence-electron chi connectivity index (χ4n) is 2.02. The molecule has 0 heterocycles. The van der Waals surface area contributed by atoms with Gasteiger partial charge in [-0.2, -0.15) is 0 Å². The van der Waals surface area contributed by atoms with Crippen molar-refractivity contribution >= 4 is 27.5 Å². The maximum absolute atomic E-state index is 13.3. The van der Waals surface area contributed by atoms with Crippen molar-refractivity contribution in [2.24, 2.45) is 5.73 Å². The van der Waals surface area contributed by atoms with Crippen LogP contribution in [0.4, 0.5) is 4.39 Å². The molecule has 2 aromatic rings. The second-order valence-corrected chi connectivity index (χ2v) is 6.13. The number of nitrogens with two attached hydrogens (primary N) is 1. The van der Waals surface area contributed by atoms with Gasteiger partial charge in [0, 0.05) is 15.0 Å². The molecule has 0 aliphatic carbocycles. The molecule has 2 N–H and O–H groups in total. The fraction of sp³-hybridized carbons (Fsp3) is 0.200. The van der Waals surface area contributed by atoms with Gasteiger partial charge in [0.05, 0.1) is 0 Å². The van der Waals surface area contributed by atoms with Gasteiger partial charge < -0.3 is 5.73 Å². The van der Waals surface area contributed by atoms with Crippen LogP contribution < -0.4 is 5.73 Å². The van der Waals surface area contributed by atoms with Crippen molar-refractivity contribution < 1.29 is 4.39 Å². The van der Waals surface area contributed by atoms with Gasteiger partial charge in [0.15, 0.2) is 0 Å². The molecule has 2 rings (SSSR count). The smallest absolute Gasteiger partial charge is 0.123 e. The van der Waals surface area contributed by atoms with E-state index < -0.39 is 5.54 Å². The molecule has 0 radical (unpaired) electrons. The molecule has 2 aromatic carbocycles. The minimum absolute atomic E-state index is 0.264. The summed E-state index contributed by atoms with van der Waals surface area (Å²) in [6.45, 7) is 1.91. The average Bonchev–Trinajstić information content (AvgIpc) is 2.33. The van der Waals surface area contributed by atoms with E-state index in [2.05, 4.69) is 15.9 Å². The van der Waals surface area contributed by atoms with E-state index in [1.54, 1.807) is 12.1 Å². The molecule has 0 bridgehead atoms.